The largest absolute Gasteiger partial charge is 0.378 e. The summed E-state index contributed by atoms with van der Waals surface area (Å²) in [4.78, 5) is 49.0. The van der Waals surface area contributed by atoms with E-state index in [1.165, 1.54) is 21.8 Å². The Labute approximate surface area is 231 Å². The second kappa shape index (κ2) is 12.1. The van der Waals surface area contributed by atoms with Crippen LogP contribution >= 0.6 is 43.5 Å². The second-order valence-electron chi connectivity index (χ2n) is 7.55. The molecular weight excluding hydrogens is 643 g/mol. The molecule has 11 nitrogen and oxygen atoms in total. The number of amides is 3. The second-order valence-corrected chi connectivity index (χ2v) is 9.62. The summed E-state index contributed by atoms with van der Waals surface area (Å²) in [6.07, 6.45) is 1.49. The van der Waals surface area contributed by atoms with Crippen molar-refractivity contribution in [3.05, 3.63) is 67.7 Å². The van der Waals surface area contributed by atoms with Crippen LogP contribution in [-0.4, -0.2) is 70.3 Å². The van der Waals surface area contributed by atoms with Gasteiger partial charge in [0.2, 0.25) is 0 Å². The number of hydroxylamine groups is 1. The Hall–Kier alpha value is -2.91. The van der Waals surface area contributed by atoms with E-state index in [1.807, 2.05) is 0 Å². The van der Waals surface area contributed by atoms with Gasteiger partial charge in [0.1, 0.15) is 16.1 Å². The molecule has 4 rings (SSSR count). The highest BCUT2D eigenvalue weighted by Crippen LogP contribution is 2.30. The SMILES string of the molecule is O=C(NOCC(=O)N1CCOCC1)c1cc(F)cc(Br)c1NC(=O)c1cc(Br)nn1-c1ncccc1Cl. The van der Waals surface area contributed by atoms with Crippen LogP contribution in [0.15, 0.2) is 45.6 Å². The first-order valence-corrected chi connectivity index (χ1v) is 12.7. The Morgan fingerprint density at radius 3 is 2.65 bits per heavy atom. The number of ether oxygens (including phenoxy) is 1. The summed E-state index contributed by atoms with van der Waals surface area (Å²) in [7, 11) is 0. The third-order valence-electron chi connectivity index (χ3n) is 5.11. The number of carbonyl (C=O) groups excluding carboxylic acids is 3. The van der Waals surface area contributed by atoms with Gasteiger partial charge in [0.15, 0.2) is 12.4 Å². The van der Waals surface area contributed by atoms with Crippen LogP contribution in [0.2, 0.25) is 5.02 Å². The van der Waals surface area contributed by atoms with Crippen molar-refractivity contribution in [2.75, 3.05) is 38.2 Å². The predicted molar refractivity (Wildman–Crippen MR) is 137 cm³/mol. The van der Waals surface area contributed by atoms with Gasteiger partial charge in [0, 0.05) is 29.8 Å². The predicted octanol–water partition coefficient (Wildman–Crippen LogP) is 3.36. The molecule has 0 unspecified atom stereocenters. The molecule has 2 aromatic heterocycles. The van der Waals surface area contributed by atoms with Crippen LogP contribution in [0.1, 0.15) is 20.8 Å². The number of rotatable bonds is 7. The average Bonchev–Trinajstić information content (AvgIpc) is 3.27. The zero-order valence-electron chi connectivity index (χ0n) is 18.8. The van der Waals surface area contributed by atoms with Crippen molar-refractivity contribution in [1.82, 2.24) is 25.1 Å². The van der Waals surface area contributed by atoms with E-state index in [9.17, 15) is 18.8 Å². The molecule has 0 spiro atoms. The highest BCUT2D eigenvalue weighted by molar-refractivity contribution is 9.10. The van der Waals surface area contributed by atoms with Crippen LogP contribution in [0.5, 0.6) is 0 Å². The Kier molecular flexibility index (Phi) is 8.87. The van der Waals surface area contributed by atoms with E-state index < -0.39 is 24.2 Å². The summed E-state index contributed by atoms with van der Waals surface area (Å²) in [5.41, 5.74) is 1.86. The van der Waals surface area contributed by atoms with Crippen molar-refractivity contribution in [3.63, 3.8) is 0 Å². The van der Waals surface area contributed by atoms with Gasteiger partial charge < -0.3 is 15.0 Å². The molecule has 0 atom stereocenters. The van der Waals surface area contributed by atoms with Gasteiger partial charge in [-0.05, 0) is 56.1 Å². The summed E-state index contributed by atoms with van der Waals surface area (Å²) in [6.45, 7) is 1.24. The molecule has 0 radical (unpaired) electrons. The topological polar surface area (TPSA) is 128 Å². The maximum Gasteiger partial charge on any atom is 0.277 e. The first kappa shape index (κ1) is 27.1. The van der Waals surface area contributed by atoms with E-state index in [1.54, 1.807) is 12.1 Å². The fourth-order valence-corrected chi connectivity index (χ4v) is 4.50. The van der Waals surface area contributed by atoms with E-state index in [4.69, 9.17) is 21.2 Å². The number of benzene rings is 1. The molecule has 3 amide bonds. The zero-order valence-corrected chi connectivity index (χ0v) is 22.8. The summed E-state index contributed by atoms with van der Waals surface area (Å²) in [6, 6.07) is 6.65. The van der Waals surface area contributed by atoms with Gasteiger partial charge in [-0.25, -0.2) is 19.5 Å². The molecule has 3 heterocycles. The quantitative estimate of drug-likeness (QED) is 0.372. The molecule has 2 N–H and O–H groups in total. The number of nitrogens with zero attached hydrogens (tertiary/aromatic N) is 4. The van der Waals surface area contributed by atoms with Gasteiger partial charge >= 0.3 is 0 Å². The molecule has 1 aliphatic heterocycles. The third-order valence-corrected chi connectivity index (χ3v) is 6.42. The maximum absolute atomic E-state index is 14.2. The number of halogens is 4. The lowest BCUT2D eigenvalue weighted by Crippen LogP contribution is -2.43. The standard InChI is InChI=1S/C22H18Br2ClFN6O5/c23-14-9-12(26)8-13(21(34)30-37-11-18(33)31-4-6-36-7-5-31)19(14)28-22(35)16-10-17(24)29-32(16)20-15(25)2-1-3-27-20/h1-3,8-10H,4-7,11H2,(H,28,35)(H,30,34). The molecule has 1 aliphatic rings. The van der Waals surface area contributed by atoms with Gasteiger partial charge in [-0.1, -0.05) is 11.6 Å². The Balaban J connectivity index is 1.52. The lowest BCUT2D eigenvalue weighted by molar-refractivity contribution is -0.142. The Bertz CT molecular complexity index is 1350. The average molecular weight is 661 g/mol. The summed E-state index contributed by atoms with van der Waals surface area (Å²) >= 11 is 12.6. The summed E-state index contributed by atoms with van der Waals surface area (Å²) in [5, 5.41) is 7.04. The number of hydrogen-bond donors (Lipinski definition) is 2. The third kappa shape index (κ3) is 6.51. The molecule has 1 saturated heterocycles. The normalized spacial score (nSPS) is 13.4. The minimum absolute atomic E-state index is 0.0300. The maximum atomic E-state index is 14.2. The van der Waals surface area contributed by atoms with Gasteiger partial charge in [-0.3, -0.25) is 19.2 Å². The minimum atomic E-state index is -0.882. The molecule has 0 bridgehead atoms. The number of carbonyl (C=O) groups is 3. The van der Waals surface area contributed by atoms with Crippen LogP contribution in [0.25, 0.3) is 5.82 Å². The van der Waals surface area contributed by atoms with Crippen molar-refractivity contribution in [2.24, 2.45) is 0 Å². The van der Waals surface area contributed by atoms with E-state index in [0.717, 1.165) is 12.1 Å². The van der Waals surface area contributed by atoms with Gasteiger partial charge in [0.05, 0.1) is 29.5 Å². The first-order valence-electron chi connectivity index (χ1n) is 10.7. The van der Waals surface area contributed by atoms with Crippen LogP contribution in [0.3, 0.4) is 0 Å². The van der Waals surface area contributed by atoms with Crippen molar-refractivity contribution in [2.45, 2.75) is 0 Å². The van der Waals surface area contributed by atoms with Gasteiger partial charge in [-0.2, -0.15) is 5.10 Å². The Morgan fingerprint density at radius 1 is 1.16 bits per heavy atom. The van der Waals surface area contributed by atoms with Gasteiger partial charge in [-0.15, -0.1) is 0 Å². The van der Waals surface area contributed by atoms with E-state index in [-0.39, 0.29) is 38.2 Å². The fourth-order valence-electron chi connectivity index (χ4n) is 3.39. The van der Waals surface area contributed by atoms with E-state index in [0.29, 0.717) is 30.9 Å². The van der Waals surface area contributed by atoms with E-state index in [2.05, 4.69) is 52.7 Å². The number of aromatic nitrogens is 3. The molecule has 1 aromatic carbocycles. The molecule has 0 saturated carbocycles. The Morgan fingerprint density at radius 2 is 1.92 bits per heavy atom. The molecule has 15 heteroatoms. The van der Waals surface area contributed by atoms with Crippen LogP contribution < -0.4 is 10.8 Å². The monoisotopic (exact) mass is 658 g/mol. The number of hydrogen-bond acceptors (Lipinski definition) is 7. The summed E-state index contributed by atoms with van der Waals surface area (Å²) in [5.74, 6) is -2.45. The molecule has 3 aromatic rings. The number of nitrogens with one attached hydrogen (secondary N) is 2. The molecule has 0 aliphatic carbocycles. The molecule has 37 heavy (non-hydrogen) atoms. The van der Waals surface area contributed by atoms with Crippen LogP contribution in [0, 0.1) is 5.82 Å². The lowest BCUT2D eigenvalue weighted by Gasteiger charge is -2.26. The smallest absolute Gasteiger partial charge is 0.277 e. The number of pyridine rings is 1. The van der Waals surface area contributed by atoms with Crippen molar-refractivity contribution in [3.8, 4) is 5.82 Å². The minimum Gasteiger partial charge on any atom is -0.378 e. The highest BCUT2D eigenvalue weighted by atomic mass is 79.9. The molecular formula is C22H18Br2ClFN6O5. The van der Waals surface area contributed by atoms with Crippen molar-refractivity contribution in [1.29, 1.82) is 0 Å². The fraction of sp³-hybridized carbons (Fsp3) is 0.227. The zero-order chi connectivity index (χ0) is 26.5. The summed E-state index contributed by atoms with van der Waals surface area (Å²) < 4.78 is 21.0. The number of morpholine rings is 1. The first-order chi connectivity index (χ1) is 17.7. The van der Waals surface area contributed by atoms with E-state index >= 15 is 0 Å². The van der Waals surface area contributed by atoms with Crippen LogP contribution in [-0.2, 0) is 14.4 Å². The highest BCUT2D eigenvalue weighted by Gasteiger charge is 2.24. The van der Waals surface area contributed by atoms with Crippen molar-refractivity contribution < 1.29 is 28.3 Å². The molecule has 194 valence electrons. The number of anilines is 1. The van der Waals surface area contributed by atoms with Crippen LogP contribution in [0.4, 0.5) is 10.1 Å². The van der Waals surface area contributed by atoms with Gasteiger partial charge in [0.25, 0.3) is 17.7 Å². The lowest BCUT2D eigenvalue weighted by atomic mass is 10.1. The molecule has 1 fully saturated rings. The van der Waals surface area contributed by atoms with Crippen molar-refractivity contribution >= 4 is 66.9 Å².